The minimum atomic E-state index is -0.457. The second kappa shape index (κ2) is 26.8. The summed E-state index contributed by atoms with van der Waals surface area (Å²) >= 11 is 0. The highest BCUT2D eigenvalue weighted by molar-refractivity contribution is 6.27. The van der Waals surface area contributed by atoms with Crippen LogP contribution in [0.5, 0.6) is 0 Å². The molecule has 0 amide bonds. The summed E-state index contributed by atoms with van der Waals surface area (Å²) < 4.78 is 25.7. The van der Waals surface area contributed by atoms with Gasteiger partial charge in [-0.15, -0.1) is 0 Å². The normalized spacial score (nSPS) is 13.4. The number of hydrogen-bond donors (Lipinski definition) is 0. The third kappa shape index (κ3) is 9.57. The van der Waals surface area contributed by atoms with Crippen molar-refractivity contribution in [3.05, 3.63) is 481 Å². The van der Waals surface area contributed by atoms with Gasteiger partial charge in [-0.1, -0.05) is 364 Å². The van der Waals surface area contributed by atoms with E-state index in [9.17, 15) is 0 Å². The zero-order valence-corrected chi connectivity index (χ0v) is 70.2. The summed E-state index contributed by atoms with van der Waals surface area (Å²) in [7, 11) is 0. The number of benzene rings is 22. The predicted octanol–water partition coefficient (Wildman–Crippen LogP) is 34.3. The van der Waals surface area contributed by atoms with Crippen LogP contribution in [0.2, 0.25) is 0 Å². The molecule has 0 unspecified atom stereocenters. The predicted molar refractivity (Wildman–Crippen MR) is 537 cm³/mol. The Bertz CT molecular complexity index is 9050. The van der Waals surface area contributed by atoms with Crippen molar-refractivity contribution in [2.45, 2.75) is 10.8 Å². The molecule has 600 valence electrons. The van der Waals surface area contributed by atoms with Gasteiger partial charge in [-0.25, -0.2) is 0 Å². The molecule has 4 aromatic heterocycles. The smallest absolute Gasteiger partial charge is 0.136 e. The van der Waals surface area contributed by atoms with Gasteiger partial charge in [0, 0.05) is 43.1 Å². The van der Waals surface area contributed by atoms with Crippen molar-refractivity contribution in [3.63, 3.8) is 0 Å². The van der Waals surface area contributed by atoms with E-state index in [1.807, 2.05) is 12.1 Å². The SMILES string of the molecule is c1ccc2c(c1)-c1ccccc1C21c2ccccc2-c2c(-c3c4cccc(-c5ccc6oc7ccccc7c6c5)c4cc4c(-c5ccc6oc7ccccc7c6c5)cccc34)cccc21.c1ccc2c(c1)-c1ccccc1C21c2ccccc2-c2c(-c3c4cccc(-c5cccc6oc7ccccc7c56)c4cc4c(-c5cccc6oc7ccccc7c56)cccc34)cccc21. The Balaban J connectivity index is 0.000000128. The Morgan fingerprint density at radius 1 is 0.123 bits per heavy atom. The molecule has 4 nitrogen and oxygen atoms in total. The van der Waals surface area contributed by atoms with E-state index in [0.29, 0.717) is 0 Å². The Morgan fingerprint density at radius 2 is 0.362 bits per heavy atom. The standard InChI is InChI=1S/2C63H36O2/c1-6-28-51-39(16-1)40-17-2-7-29-52(40)63(51)53-30-8-3-18-45(53)60-48(27-13-31-54(60)63)59-43-23-11-21-37(41-25-14-34-57-61(41)46-19-4-9-32-55(46)64-57)49(43)36-50-38(22-12-24-44(50)59)42-26-15-35-58-62(42)47-20-5-10-33-56(47)65-58;1-6-24-53-41(14-1)42-15-2-7-25-54(42)63(53)55-26-8-3-18-47(55)62-48(23-13-27-56(62)63)61-45-21-11-19-39(37-30-32-59-51(34-37)43-16-4-9-28-57(43)64-59)49(45)36-50-40(20-12-22-46(50)61)38-31-33-60-52(35-38)44-17-5-10-29-58(44)65-60/h2*1-36H. The summed E-state index contributed by atoms with van der Waals surface area (Å²) in [5.41, 5.74) is 41.7. The molecule has 0 fully saturated rings. The monoisotopic (exact) mass is 1650 g/mol. The van der Waals surface area contributed by atoms with Gasteiger partial charge in [-0.05, 0) is 272 Å². The Hall–Kier alpha value is -16.9. The van der Waals surface area contributed by atoms with Gasteiger partial charge in [-0.2, -0.15) is 0 Å². The van der Waals surface area contributed by atoms with Gasteiger partial charge in [0.1, 0.15) is 44.7 Å². The Morgan fingerprint density at radius 3 is 0.746 bits per heavy atom. The van der Waals surface area contributed by atoms with Crippen LogP contribution in [-0.4, -0.2) is 0 Å². The van der Waals surface area contributed by atoms with Gasteiger partial charge in [0.25, 0.3) is 0 Å². The molecule has 0 saturated heterocycles. The van der Waals surface area contributed by atoms with E-state index in [4.69, 9.17) is 17.7 Å². The maximum atomic E-state index is 6.51. The molecule has 26 aromatic rings. The molecule has 4 aliphatic carbocycles. The van der Waals surface area contributed by atoms with Crippen LogP contribution >= 0.6 is 0 Å². The summed E-state index contributed by atoms with van der Waals surface area (Å²) in [6, 6.07) is 161. The van der Waals surface area contributed by atoms with Crippen LogP contribution < -0.4 is 0 Å². The number of hydrogen-bond acceptors (Lipinski definition) is 4. The molecule has 130 heavy (non-hydrogen) atoms. The molecule has 4 heteroatoms. The van der Waals surface area contributed by atoms with Crippen LogP contribution in [0.15, 0.2) is 454 Å². The molecule has 2 spiro atoms. The molecule has 0 N–H and O–H groups in total. The summed E-state index contributed by atoms with van der Waals surface area (Å²) in [6.07, 6.45) is 0. The van der Waals surface area contributed by atoms with Crippen molar-refractivity contribution in [1.29, 1.82) is 0 Å². The maximum Gasteiger partial charge on any atom is 0.136 e. The summed E-state index contributed by atoms with van der Waals surface area (Å²) in [5, 5.41) is 18.7. The number of furan rings is 4. The van der Waals surface area contributed by atoms with Crippen molar-refractivity contribution in [2.24, 2.45) is 0 Å². The lowest BCUT2D eigenvalue weighted by Gasteiger charge is -2.30. The Kier molecular flexibility index (Phi) is 14.7. The van der Waals surface area contributed by atoms with Gasteiger partial charge < -0.3 is 17.7 Å². The first-order valence-electron chi connectivity index (χ1n) is 45.0. The molecule has 4 aliphatic rings. The molecule has 22 aromatic carbocycles. The molecule has 0 aliphatic heterocycles. The molecular formula is C126H72O4. The second-order valence-corrected chi connectivity index (χ2v) is 35.5. The maximum absolute atomic E-state index is 6.51. The average Bonchev–Trinajstić information content (AvgIpc) is 1.50. The molecular weight excluding hydrogens is 1580 g/mol. The lowest BCUT2D eigenvalue weighted by Crippen LogP contribution is -2.25. The van der Waals surface area contributed by atoms with Gasteiger partial charge in [0.15, 0.2) is 0 Å². The van der Waals surface area contributed by atoms with E-state index in [0.717, 1.165) is 110 Å². The fraction of sp³-hybridized carbons (Fsp3) is 0.0159. The summed E-state index contributed by atoms with van der Waals surface area (Å²) in [4.78, 5) is 0. The van der Waals surface area contributed by atoms with Gasteiger partial charge in [0.2, 0.25) is 0 Å². The van der Waals surface area contributed by atoms with Crippen LogP contribution in [0.3, 0.4) is 0 Å². The molecule has 30 rings (SSSR count). The van der Waals surface area contributed by atoms with E-state index in [-0.39, 0.29) is 0 Å². The largest absolute Gasteiger partial charge is 0.456 e. The van der Waals surface area contributed by atoms with E-state index in [1.165, 1.54) is 177 Å². The number of fused-ring (bicyclic) bond motifs is 36. The third-order valence-electron chi connectivity index (χ3n) is 29.4. The third-order valence-corrected chi connectivity index (χ3v) is 29.4. The zero-order valence-electron chi connectivity index (χ0n) is 70.2. The van der Waals surface area contributed by atoms with E-state index >= 15 is 0 Å². The first-order chi connectivity index (χ1) is 64.5. The first kappa shape index (κ1) is 71.4. The van der Waals surface area contributed by atoms with Gasteiger partial charge in [-0.3, -0.25) is 0 Å². The fourth-order valence-electron chi connectivity index (χ4n) is 24.4. The quantitative estimate of drug-likeness (QED) is 0.156. The molecule has 0 radical (unpaired) electrons. The minimum absolute atomic E-state index is 0.447. The zero-order chi connectivity index (χ0) is 84.8. The Labute approximate surface area is 746 Å². The highest BCUT2D eigenvalue weighted by atomic mass is 16.3. The summed E-state index contributed by atoms with van der Waals surface area (Å²) in [6.45, 7) is 0. The molecule has 0 atom stereocenters. The lowest BCUT2D eigenvalue weighted by molar-refractivity contribution is 0.668. The summed E-state index contributed by atoms with van der Waals surface area (Å²) in [5.74, 6) is 0. The highest BCUT2D eigenvalue weighted by Crippen LogP contribution is 2.67. The van der Waals surface area contributed by atoms with Crippen molar-refractivity contribution < 1.29 is 17.7 Å². The van der Waals surface area contributed by atoms with E-state index < -0.39 is 10.8 Å². The topological polar surface area (TPSA) is 52.6 Å². The van der Waals surface area contributed by atoms with Crippen LogP contribution in [0.25, 0.3) is 242 Å². The first-order valence-corrected chi connectivity index (χ1v) is 45.0. The molecule has 0 saturated carbocycles. The lowest BCUT2D eigenvalue weighted by atomic mass is 9.70. The van der Waals surface area contributed by atoms with Gasteiger partial charge in [0.05, 0.1) is 10.8 Å². The van der Waals surface area contributed by atoms with Crippen LogP contribution in [-0.2, 0) is 10.8 Å². The number of para-hydroxylation sites is 4. The molecule has 4 heterocycles. The minimum Gasteiger partial charge on any atom is -0.456 e. The number of rotatable bonds is 6. The average molecular weight is 1650 g/mol. The second-order valence-electron chi connectivity index (χ2n) is 35.5. The van der Waals surface area contributed by atoms with Crippen LogP contribution in [0.4, 0.5) is 0 Å². The fourth-order valence-corrected chi connectivity index (χ4v) is 24.4. The van der Waals surface area contributed by atoms with E-state index in [1.54, 1.807) is 0 Å². The van der Waals surface area contributed by atoms with Gasteiger partial charge >= 0.3 is 0 Å². The molecule has 0 bridgehead atoms. The van der Waals surface area contributed by atoms with Crippen LogP contribution in [0.1, 0.15) is 44.5 Å². The van der Waals surface area contributed by atoms with Crippen LogP contribution in [0, 0.1) is 0 Å². The van der Waals surface area contributed by atoms with E-state index in [2.05, 4.69) is 425 Å². The van der Waals surface area contributed by atoms with Crippen molar-refractivity contribution >= 4 is 131 Å². The van der Waals surface area contributed by atoms with Crippen molar-refractivity contribution in [1.82, 2.24) is 0 Å². The highest BCUT2D eigenvalue weighted by Gasteiger charge is 2.54. The van der Waals surface area contributed by atoms with Crippen molar-refractivity contribution in [2.75, 3.05) is 0 Å². The van der Waals surface area contributed by atoms with Crippen molar-refractivity contribution in [3.8, 4) is 111 Å².